The van der Waals surface area contributed by atoms with Crippen LogP contribution in [-0.4, -0.2) is 6.61 Å². The number of aryl methyl sites for hydroxylation is 1. The number of benzene rings is 1. The van der Waals surface area contributed by atoms with Crippen LogP contribution in [0.2, 0.25) is 0 Å². The Bertz CT molecular complexity index is 236. The van der Waals surface area contributed by atoms with Gasteiger partial charge in [-0.15, -0.1) is 0 Å². The molecule has 0 N–H and O–H groups in total. The highest BCUT2D eigenvalue weighted by Gasteiger charge is 1.96. The van der Waals surface area contributed by atoms with E-state index in [0.717, 1.165) is 18.8 Å². The van der Waals surface area contributed by atoms with E-state index in [0.29, 0.717) is 5.92 Å². The Labute approximate surface area is 94.5 Å². The second-order valence-corrected chi connectivity index (χ2v) is 3.70. The first-order valence-electron chi connectivity index (χ1n) is 5.94. The third-order valence-electron chi connectivity index (χ3n) is 1.91. The molecule has 0 saturated heterocycles. The number of hydrogen-bond acceptors (Lipinski definition) is 1. The molecule has 1 nitrogen and oxygen atoms in total. The standard InChI is InChI=1S/C12H18O.C2H6/c1-4-11-5-7-12(8-6-11)13-9-10(2)3;1-2/h5-8,10H,4,9H2,1-3H3;1-2H3. The summed E-state index contributed by atoms with van der Waals surface area (Å²) in [4.78, 5) is 0. The minimum atomic E-state index is 0.589. The van der Waals surface area contributed by atoms with Gasteiger partial charge in [-0.2, -0.15) is 0 Å². The highest BCUT2D eigenvalue weighted by molar-refractivity contribution is 5.27. The first kappa shape index (κ1) is 14.0. The van der Waals surface area contributed by atoms with Crippen LogP contribution in [0.4, 0.5) is 0 Å². The van der Waals surface area contributed by atoms with Crippen molar-refractivity contribution in [3.05, 3.63) is 29.8 Å². The fourth-order valence-corrected chi connectivity index (χ4v) is 1.08. The molecule has 0 aliphatic carbocycles. The lowest BCUT2D eigenvalue weighted by Crippen LogP contribution is -2.04. The SMILES string of the molecule is CC.CCc1ccc(OCC(C)C)cc1. The second-order valence-electron chi connectivity index (χ2n) is 3.70. The van der Waals surface area contributed by atoms with E-state index >= 15 is 0 Å². The van der Waals surface area contributed by atoms with E-state index in [1.807, 2.05) is 26.0 Å². The largest absolute Gasteiger partial charge is 0.493 e. The first-order chi connectivity index (χ1) is 7.22. The molecule has 86 valence electrons. The molecule has 0 amide bonds. The van der Waals surface area contributed by atoms with Gasteiger partial charge in [0.1, 0.15) is 5.75 Å². The molecule has 0 spiro atoms. The van der Waals surface area contributed by atoms with Gasteiger partial charge in [-0.25, -0.2) is 0 Å². The minimum absolute atomic E-state index is 0.589. The zero-order valence-corrected chi connectivity index (χ0v) is 10.7. The van der Waals surface area contributed by atoms with Gasteiger partial charge in [-0.1, -0.05) is 46.8 Å². The van der Waals surface area contributed by atoms with Crippen molar-refractivity contribution in [2.45, 2.75) is 41.0 Å². The van der Waals surface area contributed by atoms with Crippen molar-refractivity contribution in [1.29, 1.82) is 0 Å². The zero-order valence-electron chi connectivity index (χ0n) is 10.7. The van der Waals surface area contributed by atoms with E-state index in [2.05, 4.69) is 32.9 Å². The van der Waals surface area contributed by atoms with Gasteiger partial charge < -0.3 is 4.74 Å². The molecule has 0 aromatic heterocycles. The smallest absolute Gasteiger partial charge is 0.119 e. The normalized spacial score (nSPS) is 9.47. The Balaban J connectivity index is 0.000000921. The molecule has 0 atom stereocenters. The molecule has 0 radical (unpaired) electrons. The van der Waals surface area contributed by atoms with Crippen molar-refractivity contribution < 1.29 is 4.74 Å². The summed E-state index contributed by atoms with van der Waals surface area (Å²) in [7, 11) is 0. The van der Waals surface area contributed by atoms with E-state index in [9.17, 15) is 0 Å². The van der Waals surface area contributed by atoms with Crippen molar-refractivity contribution in [2.24, 2.45) is 5.92 Å². The fourth-order valence-electron chi connectivity index (χ4n) is 1.08. The predicted molar refractivity (Wildman–Crippen MR) is 67.5 cm³/mol. The van der Waals surface area contributed by atoms with Crippen LogP contribution < -0.4 is 4.74 Å². The monoisotopic (exact) mass is 208 g/mol. The Hall–Kier alpha value is -0.980. The Morgan fingerprint density at radius 2 is 1.60 bits per heavy atom. The molecule has 1 aromatic carbocycles. The summed E-state index contributed by atoms with van der Waals surface area (Å²) in [5.41, 5.74) is 1.36. The average Bonchev–Trinajstić information content (AvgIpc) is 2.30. The van der Waals surface area contributed by atoms with E-state index in [1.165, 1.54) is 5.56 Å². The Morgan fingerprint density at radius 3 is 2.00 bits per heavy atom. The summed E-state index contributed by atoms with van der Waals surface area (Å²) in [6.45, 7) is 11.3. The maximum atomic E-state index is 5.57. The Kier molecular flexibility index (Phi) is 7.79. The third kappa shape index (κ3) is 6.16. The molecule has 0 aliphatic rings. The average molecular weight is 208 g/mol. The summed E-state index contributed by atoms with van der Waals surface area (Å²) < 4.78 is 5.57. The maximum Gasteiger partial charge on any atom is 0.119 e. The van der Waals surface area contributed by atoms with Gasteiger partial charge in [0.25, 0.3) is 0 Å². The maximum absolute atomic E-state index is 5.57. The number of rotatable bonds is 4. The van der Waals surface area contributed by atoms with E-state index in [1.54, 1.807) is 0 Å². The number of hydrogen-bond donors (Lipinski definition) is 0. The highest BCUT2D eigenvalue weighted by Crippen LogP contribution is 2.13. The van der Waals surface area contributed by atoms with Crippen LogP contribution in [0.15, 0.2) is 24.3 Å². The highest BCUT2D eigenvalue weighted by atomic mass is 16.5. The molecule has 1 heteroatoms. The molecule has 0 bridgehead atoms. The van der Waals surface area contributed by atoms with Crippen LogP contribution in [0.25, 0.3) is 0 Å². The molecule has 0 fully saturated rings. The number of ether oxygens (including phenoxy) is 1. The van der Waals surface area contributed by atoms with Crippen LogP contribution >= 0.6 is 0 Å². The topological polar surface area (TPSA) is 9.23 Å². The molecule has 0 heterocycles. The quantitative estimate of drug-likeness (QED) is 0.716. The van der Waals surface area contributed by atoms with Gasteiger partial charge >= 0.3 is 0 Å². The lowest BCUT2D eigenvalue weighted by molar-refractivity contribution is 0.271. The predicted octanol–water partition coefficient (Wildman–Crippen LogP) is 4.31. The van der Waals surface area contributed by atoms with Crippen LogP contribution in [0.1, 0.15) is 40.2 Å². The molecule has 15 heavy (non-hydrogen) atoms. The molecule has 0 saturated carbocycles. The van der Waals surface area contributed by atoms with Gasteiger partial charge in [0.05, 0.1) is 6.61 Å². The molecule has 0 unspecified atom stereocenters. The van der Waals surface area contributed by atoms with E-state index in [-0.39, 0.29) is 0 Å². The van der Waals surface area contributed by atoms with E-state index < -0.39 is 0 Å². The van der Waals surface area contributed by atoms with Crippen molar-refractivity contribution >= 4 is 0 Å². The van der Waals surface area contributed by atoms with Crippen LogP contribution in [0.3, 0.4) is 0 Å². The van der Waals surface area contributed by atoms with Crippen LogP contribution in [0, 0.1) is 5.92 Å². The molecule has 1 rings (SSSR count). The first-order valence-corrected chi connectivity index (χ1v) is 5.94. The van der Waals surface area contributed by atoms with Gasteiger partial charge in [-0.05, 0) is 30.0 Å². The van der Waals surface area contributed by atoms with Crippen molar-refractivity contribution in [3.8, 4) is 5.75 Å². The third-order valence-corrected chi connectivity index (χ3v) is 1.91. The summed E-state index contributed by atoms with van der Waals surface area (Å²) in [5.74, 6) is 1.57. The molecular weight excluding hydrogens is 184 g/mol. The fraction of sp³-hybridized carbons (Fsp3) is 0.571. The van der Waals surface area contributed by atoms with Crippen LogP contribution in [-0.2, 0) is 6.42 Å². The van der Waals surface area contributed by atoms with Crippen molar-refractivity contribution in [2.75, 3.05) is 6.61 Å². The van der Waals surface area contributed by atoms with Crippen molar-refractivity contribution in [1.82, 2.24) is 0 Å². The van der Waals surface area contributed by atoms with E-state index in [4.69, 9.17) is 4.74 Å². The minimum Gasteiger partial charge on any atom is -0.493 e. The summed E-state index contributed by atoms with van der Waals surface area (Å²) in [6, 6.07) is 8.33. The van der Waals surface area contributed by atoms with Crippen molar-refractivity contribution in [3.63, 3.8) is 0 Å². The zero-order chi connectivity index (χ0) is 11.7. The van der Waals surface area contributed by atoms with Gasteiger partial charge in [0.15, 0.2) is 0 Å². The summed E-state index contributed by atoms with van der Waals surface area (Å²) >= 11 is 0. The van der Waals surface area contributed by atoms with Gasteiger partial charge in [-0.3, -0.25) is 0 Å². The van der Waals surface area contributed by atoms with Crippen LogP contribution in [0.5, 0.6) is 5.75 Å². The summed E-state index contributed by atoms with van der Waals surface area (Å²) in [6.07, 6.45) is 1.09. The summed E-state index contributed by atoms with van der Waals surface area (Å²) in [5, 5.41) is 0. The molecule has 1 aromatic rings. The lowest BCUT2D eigenvalue weighted by Gasteiger charge is -2.08. The molecular formula is C14H24O. The molecule has 0 aliphatic heterocycles. The Morgan fingerprint density at radius 1 is 1.07 bits per heavy atom. The van der Waals surface area contributed by atoms with Gasteiger partial charge in [0, 0.05) is 0 Å². The lowest BCUT2D eigenvalue weighted by atomic mass is 10.2. The second kappa shape index (κ2) is 8.34. The van der Waals surface area contributed by atoms with Gasteiger partial charge in [0.2, 0.25) is 0 Å².